The van der Waals surface area contributed by atoms with Crippen molar-refractivity contribution in [2.24, 2.45) is 0 Å². The van der Waals surface area contributed by atoms with Crippen molar-refractivity contribution in [3.8, 4) is 0 Å². The van der Waals surface area contributed by atoms with Crippen molar-refractivity contribution >= 4 is 17.9 Å². The van der Waals surface area contributed by atoms with Gasteiger partial charge in [-0.2, -0.15) is 0 Å². The fraction of sp³-hybridized carbons (Fsp3) is 0.417. The number of rotatable bonds is 3. The maximum absolute atomic E-state index is 11.8. The molecule has 104 valence electrons. The molecule has 1 rings (SSSR count). The summed E-state index contributed by atoms with van der Waals surface area (Å²) in [6.07, 6.45) is -1.08. The number of hydrogen-bond donors (Lipinski definition) is 2. The van der Waals surface area contributed by atoms with Crippen LogP contribution in [0.1, 0.15) is 28.8 Å². The zero-order valence-corrected chi connectivity index (χ0v) is 11.2. The second-order valence-electron chi connectivity index (χ2n) is 3.94. The summed E-state index contributed by atoms with van der Waals surface area (Å²) in [6.45, 7) is 4.70. The average Bonchev–Trinajstić information content (AvgIpc) is 2.68. The van der Waals surface area contributed by atoms with Crippen LogP contribution in [0.2, 0.25) is 0 Å². The largest absolute Gasteiger partial charge is 0.466 e. The average molecular weight is 268 g/mol. The molecule has 7 heteroatoms. The minimum atomic E-state index is -1.08. The number of furan rings is 1. The van der Waals surface area contributed by atoms with E-state index in [9.17, 15) is 14.4 Å². The van der Waals surface area contributed by atoms with Gasteiger partial charge in [-0.3, -0.25) is 10.1 Å². The molecular weight excluding hydrogens is 252 g/mol. The van der Waals surface area contributed by atoms with E-state index in [4.69, 9.17) is 9.15 Å². The molecule has 0 saturated carbocycles. The first-order chi connectivity index (χ1) is 8.85. The van der Waals surface area contributed by atoms with Crippen molar-refractivity contribution in [2.45, 2.75) is 26.9 Å². The molecule has 0 aliphatic heterocycles. The normalized spacial score (nSPS) is 11.6. The lowest BCUT2D eigenvalue weighted by Gasteiger charge is -2.12. The van der Waals surface area contributed by atoms with Gasteiger partial charge >= 0.3 is 12.0 Å². The highest BCUT2D eigenvalue weighted by molar-refractivity contribution is 5.98. The van der Waals surface area contributed by atoms with Crippen LogP contribution >= 0.6 is 0 Å². The van der Waals surface area contributed by atoms with Crippen LogP contribution in [0.3, 0.4) is 0 Å². The van der Waals surface area contributed by atoms with Gasteiger partial charge in [0, 0.05) is 7.05 Å². The molecule has 0 aliphatic rings. The first-order valence-corrected chi connectivity index (χ1v) is 5.65. The zero-order chi connectivity index (χ0) is 14.6. The number of ether oxygens (including phenoxy) is 1. The third kappa shape index (κ3) is 3.84. The molecule has 0 radical (unpaired) electrons. The Kier molecular flexibility index (Phi) is 4.68. The van der Waals surface area contributed by atoms with Gasteiger partial charge in [-0.05, 0) is 26.8 Å². The molecule has 1 heterocycles. The van der Waals surface area contributed by atoms with Crippen LogP contribution in [0.25, 0.3) is 0 Å². The van der Waals surface area contributed by atoms with Gasteiger partial charge in [0.15, 0.2) is 6.10 Å². The highest BCUT2D eigenvalue weighted by atomic mass is 16.5. The van der Waals surface area contributed by atoms with E-state index in [0.29, 0.717) is 11.5 Å². The fourth-order valence-corrected chi connectivity index (χ4v) is 1.39. The number of amides is 3. The fourth-order valence-electron chi connectivity index (χ4n) is 1.39. The first-order valence-electron chi connectivity index (χ1n) is 5.65. The van der Waals surface area contributed by atoms with Gasteiger partial charge in [0.05, 0.1) is 0 Å². The van der Waals surface area contributed by atoms with E-state index in [-0.39, 0.29) is 5.56 Å². The number of carbonyl (C=O) groups excluding carboxylic acids is 3. The van der Waals surface area contributed by atoms with Crippen molar-refractivity contribution in [3.05, 3.63) is 23.2 Å². The second-order valence-corrected chi connectivity index (χ2v) is 3.94. The number of urea groups is 1. The molecule has 2 N–H and O–H groups in total. The maximum Gasteiger partial charge on any atom is 0.342 e. The van der Waals surface area contributed by atoms with Crippen molar-refractivity contribution in [3.63, 3.8) is 0 Å². The van der Waals surface area contributed by atoms with Crippen LogP contribution in [-0.4, -0.2) is 31.1 Å². The molecule has 0 aliphatic carbocycles. The minimum absolute atomic E-state index is 0.261. The molecule has 7 nitrogen and oxygen atoms in total. The van der Waals surface area contributed by atoms with Gasteiger partial charge in [-0.25, -0.2) is 9.59 Å². The Labute approximate surface area is 110 Å². The van der Waals surface area contributed by atoms with E-state index < -0.39 is 24.0 Å². The van der Waals surface area contributed by atoms with E-state index in [1.165, 1.54) is 20.0 Å². The third-order valence-electron chi connectivity index (χ3n) is 2.38. The predicted molar refractivity (Wildman–Crippen MR) is 65.7 cm³/mol. The smallest absolute Gasteiger partial charge is 0.342 e. The molecule has 1 atom stereocenters. The lowest BCUT2D eigenvalue weighted by Crippen LogP contribution is -2.43. The van der Waals surface area contributed by atoms with Gasteiger partial charge in [0.2, 0.25) is 0 Å². The number of hydrogen-bond acceptors (Lipinski definition) is 5. The van der Waals surface area contributed by atoms with Crippen LogP contribution in [0.4, 0.5) is 4.79 Å². The number of carbonyl (C=O) groups is 3. The highest BCUT2D eigenvalue weighted by Gasteiger charge is 2.22. The Morgan fingerprint density at radius 1 is 1.32 bits per heavy atom. The Bertz CT molecular complexity index is 506. The van der Waals surface area contributed by atoms with Crippen LogP contribution in [0.15, 0.2) is 10.5 Å². The van der Waals surface area contributed by atoms with Crippen molar-refractivity contribution < 1.29 is 23.5 Å². The van der Waals surface area contributed by atoms with Crippen LogP contribution < -0.4 is 10.6 Å². The molecule has 1 aromatic heterocycles. The first kappa shape index (κ1) is 14.7. The summed E-state index contributed by atoms with van der Waals surface area (Å²) < 4.78 is 10.1. The standard InChI is InChI=1S/C12H16N2O5/c1-6-5-9(7(2)18-6)11(16)19-8(3)10(15)14-12(17)13-4/h5,8H,1-4H3,(H2,13,14,15,17). The van der Waals surface area contributed by atoms with Crippen LogP contribution in [-0.2, 0) is 9.53 Å². The molecule has 1 unspecified atom stereocenters. The Balaban J connectivity index is 2.64. The van der Waals surface area contributed by atoms with E-state index in [1.807, 2.05) is 5.32 Å². The van der Waals surface area contributed by atoms with Crippen molar-refractivity contribution in [1.82, 2.24) is 10.6 Å². The van der Waals surface area contributed by atoms with Gasteiger partial charge in [-0.15, -0.1) is 0 Å². The quantitative estimate of drug-likeness (QED) is 0.794. The molecule has 0 bridgehead atoms. The molecule has 0 aromatic carbocycles. The molecule has 0 spiro atoms. The summed E-state index contributed by atoms with van der Waals surface area (Å²) in [6, 6.07) is 0.865. The lowest BCUT2D eigenvalue weighted by atomic mass is 10.2. The number of imide groups is 1. The second kappa shape index (κ2) is 6.03. The zero-order valence-electron chi connectivity index (χ0n) is 11.2. The lowest BCUT2D eigenvalue weighted by molar-refractivity contribution is -0.127. The van der Waals surface area contributed by atoms with Gasteiger partial charge in [0.25, 0.3) is 5.91 Å². The van der Waals surface area contributed by atoms with Crippen molar-refractivity contribution in [2.75, 3.05) is 7.05 Å². The minimum Gasteiger partial charge on any atom is -0.466 e. The SMILES string of the molecule is CNC(=O)NC(=O)C(C)OC(=O)c1cc(C)oc1C. The van der Waals surface area contributed by atoms with Gasteiger partial charge in [-0.1, -0.05) is 0 Å². The maximum atomic E-state index is 11.8. The molecular formula is C12H16N2O5. The number of nitrogens with one attached hydrogen (secondary N) is 2. The van der Waals surface area contributed by atoms with Crippen LogP contribution in [0.5, 0.6) is 0 Å². The third-order valence-corrected chi connectivity index (χ3v) is 2.38. The predicted octanol–water partition coefficient (Wildman–Crippen LogP) is 0.897. The number of esters is 1. The molecule has 0 saturated heterocycles. The Morgan fingerprint density at radius 3 is 2.42 bits per heavy atom. The Hall–Kier alpha value is -2.31. The van der Waals surface area contributed by atoms with Gasteiger partial charge < -0.3 is 14.5 Å². The highest BCUT2D eigenvalue weighted by Crippen LogP contribution is 2.15. The molecule has 3 amide bonds. The van der Waals surface area contributed by atoms with Crippen molar-refractivity contribution in [1.29, 1.82) is 0 Å². The topological polar surface area (TPSA) is 97.6 Å². The Morgan fingerprint density at radius 2 is 1.95 bits per heavy atom. The summed E-state index contributed by atoms with van der Waals surface area (Å²) in [5, 5.41) is 4.24. The summed E-state index contributed by atoms with van der Waals surface area (Å²) in [4.78, 5) is 34.2. The van der Waals surface area contributed by atoms with E-state index >= 15 is 0 Å². The summed E-state index contributed by atoms with van der Waals surface area (Å²) in [7, 11) is 1.37. The molecule has 19 heavy (non-hydrogen) atoms. The summed E-state index contributed by atoms with van der Waals surface area (Å²) >= 11 is 0. The summed E-state index contributed by atoms with van der Waals surface area (Å²) in [5.41, 5.74) is 0.261. The van der Waals surface area contributed by atoms with Gasteiger partial charge in [0.1, 0.15) is 17.1 Å². The number of aryl methyl sites for hydroxylation is 2. The van der Waals surface area contributed by atoms with Crippen LogP contribution in [0, 0.1) is 13.8 Å². The van der Waals surface area contributed by atoms with E-state index in [2.05, 4.69) is 5.32 Å². The molecule has 0 fully saturated rings. The van der Waals surface area contributed by atoms with E-state index in [0.717, 1.165) is 0 Å². The summed E-state index contributed by atoms with van der Waals surface area (Å²) in [5.74, 6) is -0.382. The monoisotopic (exact) mass is 268 g/mol. The molecule has 1 aromatic rings. The van der Waals surface area contributed by atoms with E-state index in [1.54, 1.807) is 13.8 Å².